The molecule has 0 amide bonds. The van der Waals surface area contributed by atoms with Crippen LogP contribution in [0.5, 0.6) is 0 Å². The van der Waals surface area contributed by atoms with Crippen molar-refractivity contribution in [3.05, 3.63) is 134 Å². The molecule has 0 aliphatic rings. The van der Waals surface area contributed by atoms with Gasteiger partial charge in [0.05, 0.1) is 39.3 Å². The number of rotatable bonds is 2. The Kier molecular flexibility index (Phi) is 4.15. The summed E-state index contributed by atoms with van der Waals surface area (Å²) < 4.78 is 4.90. The van der Waals surface area contributed by atoms with Crippen LogP contribution in [0.4, 0.5) is 0 Å². The molecular formula is C38H22N4. The third kappa shape index (κ3) is 2.71. The number of pyridine rings is 2. The van der Waals surface area contributed by atoms with Crippen LogP contribution in [0.3, 0.4) is 0 Å². The highest BCUT2D eigenvalue weighted by Crippen LogP contribution is 2.47. The summed E-state index contributed by atoms with van der Waals surface area (Å²) in [5.74, 6) is 0. The van der Waals surface area contributed by atoms with Gasteiger partial charge < -0.3 is 8.80 Å². The maximum Gasteiger partial charge on any atom is 0.0796 e. The molecule has 0 fully saturated rings. The van der Waals surface area contributed by atoms with Gasteiger partial charge in [-0.15, -0.1) is 0 Å². The van der Waals surface area contributed by atoms with E-state index in [0.717, 1.165) is 16.6 Å². The first-order valence-corrected chi connectivity index (χ1v) is 14.2. The van der Waals surface area contributed by atoms with Crippen molar-refractivity contribution in [1.82, 2.24) is 18.8 Å². The maximum absolute atomic E-state index is 4.61. The van der Waals surface area contributed by atoms with Gasteiger partial charge in [-0.05, 0) is 63.4 Å². The second-order valence-corrected chi connectivity index (χ2v) is 11.1. The molecule has 0 spiro atoms. The van der Waals surface area contributed by atoms with Crippen molar-refractivity contribution in [1.29, 1.82) is 0 Å². The predicted octanol–water partition coefficient (Wildman–Crippen LogP) is 9.52. The first-order chi connectivity index (χ1) is 20.9. The largest absolute Gasteiger partial charge is 0.305 e. The van der Waals surface area contributed by atoms with Crippen LogP contribution in [-0.4, -0.2) is 18.8 Å². The minimum atomic E-state index is 1.12. The summed E-state index contributed by atoms with van der Waals surface area (Å²) in [6.45, 7) is 0. The summed E-state index contributed by atoms with van der Waals surface area (Å²) in [5, 5.41) is 7.38. The number of benzene rings is 5. The molecule has 0 radical (unpaired) electrons. The molecule has 0 saturated heterocycles. The maximum atomic E-state index is 4.61. The zero-order valence-corrected chi connectivity index (χ0v) is 22.5. The fraction of sp³-hybridized carbons (Fsp3) is 0. The van der Waals surface area contributed by atoms with Crippen LogP contribution in [0, 0.1) is 0 Å². The van der Waals surface area contributed by atoms with Gasteiger partial charge in [0.15, 0.2) is 0 Å². The highest BCUT2D eigenvalue weighted by atomic mass is 15.0. The van der Waals surface area contributed by atoms with E-state index < -0.39 is 0 Å². The highest BCUT2D eigenvalue weighted by Gasteiger charge is 2.25. The van der Waals surface area contributed by atoms with Crippen molar-refractivity contribution in [2.45, 2.75) is 0 Å². The highest BCUT2D eigenvalue weighted by molar-refractivity contribution is 6.37. The lowest BCUT2D eigenvalue weighted by Gasteiger charge is -2.14. The van der Waals surface area contributed by atoms with Crippen molar-refractivity contribution in [3.8, 4) is 22.3 Å². The average Bonchev–Trinajstić information content (AvgIpc) is 3.60. The SMILES string of the molecule is c1ccc(-c2ccc3c(c2)c2c4ccncc4n4c5ccc(-c6ccccc6)cc5n5c6ccncc6c3c5c24)cc1. The quantitative estimate of drug-likeness (QED) is 0.207. The number of nitrogens with zero attached hydrogens (tertiary/aromatic N) is 4. The summed E-state index contributed by atoms with van der Waals surface area (Å²) >= 11 is 0. The molecule has 42 heavy (non-hydrogen) atoms. The molecule has 10 aromatic rings. The van der Waals surface area contributed by atoms with Crippen LogP contribution >= 0.6 is 0 Å². The van der Waals surface area contributed by atoms with E-state index in [9.17, 15) is 0 Å². The van der Waals surface area contributed by atoms with E-state index in [1.165, 1.54) is 71.1 Å². The predicted molar refractivity (Wildman–Crippen MR) is 174 cm³/mol. The molecule has 4 heteroatoms. The normalized spacial score (nSPS) is 12.3. The van der Waals surface area contributed by atoms with Crippen LogP contribution in [0.1, 0.15) is 0 Å². The minimum absolute atomic E-state index is 1.12. The molecule has 4 nitrogen and oxygen atoms in total. The number of aromatic nitrogens is 4. The molecule has 0 atom stereocenters. The zero-order valence-electron chi connectivity index (χ0n) is 22.5. The topological polar surface area (TPSA) is 34.6 Å². The summed E-state index contributed by atoms with van der Waals surface area (Å²) in [6, 6.07) is 39.4. The molecule has 0 bridgehead atoms. The van der Waals surface area contributed by atoms with Crippen LogP contribution < -0.4 is 0 Å². The van der Waals surface area contributed by atoms with E-state index >= 15 is 0 Å². The molecule has 0 saturated carbocycles. The number of hydrogen-bond donors (Lipinski definition) is 0. The van der Waals surface area contributed by atoms with E-state index in [1.54, 1.807) is 0 Å². The third-order valence-corrected chi connectivity index (χ3v) is 8.99. The standard InChI is InChI=1S/C38H22N4/c1-3-7-23(8-4-1)25-11-13-27-29(19-25)36-28-15-17-40-22-34(28)42-32-14-12-26(24-9-5-2-6-10-24)20-33(32)41-31-16-18-39-21-30(31)35(27)37(41)38(36)42/h1-22H. The van der Waals surface area contributed by atoms with E-state index in [0.29, 0.717) is 0 Å². The molecule has 0 N–H and O–H groups in total. The lowest BCUT2D eigenvalue weighted by molar-refractivity contribution is 1.24. The molecular weight excluding hydrogens is 512 g/mol. The summed E-state index contributed by atoms with van der Waals surface area (Å²) in [7, 11) is 0. The lowest BCUT2D eigenvalue weighted by atomic mass is 9.95. The molecule has 0 aliphatic heterocycles. The summed E-state index contributed by atoms with van der Waals surface area (Å²) in [4.78, 5) is 9.22. The van der Waals surface area contributed by atoms with Gasteiger partial charge >= 0.3 is 0 Å². The van der Waals surface area contributed by atoms with Crippen LogP contribution in [0.2, 0.25) is 0 Å². The van der Waals surface area contributed by atoms with Gasteiger partial charge in [0, 0.05) is 40.1 Å². The second kappa shape index (κ2) is 7.93. The van der Waals surface area contributed by atoms with Crippen LogP contribution in [0.15, 0.2) is 134 Å². The van der Waals surface area contributed by atoms with Gasteiger partial charge in [-0.25, -0.2) is 0 Å². The van der Waals surface area contributed by atoms with E-state index in [1.807, 2.05) is 24.8 Å². The van der Waals surface area contributed by atoms with Gasteiger partial charge in [-0.1, -0.05) is 78.9 Å². The fourth-order valence-corrected chi connectivity index (χ4v) is 7.25. The molecule has 10 rings (SSSR count). The summed E-state index contributed by atoms with van der Waals surface area (Å²) in [5.41, 5.74) is 11.9. The number of hydrogen-bond acceptors (Lipinski definition) is 2. The average molecular weight is 535 g/mol. The Bertz CT molecular complexity index is 2480. The van der Waals surface area contributed by atoms with Gasteiger partial charge in [0.25, 0.3) is 0 Å². The van der Waals surface area contributed by atoms with Crippen LogP contribution in [-0.2, 0) is 0 Å². The van der Waals surface area contributed by atoms with E-state index in [4.69, 9.17) is 0 Å². The molecule has 5 heterocycles. The van der Waals surface area contributed by atoms with Gasteiger partial charge in [0.2, 0.25) is 0 Å². The Balaban J connectivity index is 1.51. The Hall–Kier alpha value is -5.74. The Labute approximate surface area is 240 Å². The van der Waals surface area contributed by atoms with Crippen molar-refractivity contribution in [2.24, 2.45) is 0 Å². The minimum Gasteiger partial charge on any atom is -0.305 e. The monoisotopic (exact) mass is 534 g/mol. The smallest absolute Gasteiger partial charge is 0.0796 e. The molecule has 0 aliphatic carbocycles. The third-order valence-electron chi connectivity index (χ3n) is 8.99. The van der Waals surface area contributed by atoms with Crippen molar-refractivity contribution < 1.29 is 0 Å². The van der Waals surface area contributed by atoms with Gasteiger partial charge in [0.1, 0.15) is 0 Å². The van der Waals surface area contributed by atoms with E-state index in [2.05, 4.69) is 128 Å². The van der Waals surface area contributed by atoms with E-state index in [-0.39, 0.29) is 0 Å². The Morgan fingerprint density at radius 3 is 1.81 bits per heavy atom. The zero-order chi connectivity index (χ0) is 27.4. The Morgan fingerprint density at radius 2 is 1.02 bits per heavy atom. The molecule has 0 unspecified atom stereocenters. The van der Waals surface area contributed by atoms with Crippen LogP contribution in [0.25, 0.3) is 87.7 Å². The number of fused-ring (bicyclic) bond motifs is 12. The van der Waals surface area contributed by atoms with Crippen molar-refractivity contribution in [3.63, 3.8) is 0 Å². The Morgan fingerprint density at radius 1 is 0.381 bits per heavy atom. The molecule has 194 valence electrons. The van der Waals surface area contributed by atoms with Gasteiger partial charge in [-0.2, -0.15) is 0 Å². The van der Waals surface area contributed by atoms with Gasteiger partial charge in [-0.3, -0.25) is 9.97 Å². The van der Waals surface area contributed by atoms with Crippen molar-refractivity contribution in [2.75, 3.05) is 0 Å². The second-order valence-electron chi connectivity index (χ2n) is 11.1. The first-order valence-electron chi connectivity index (χ1n) is 14.2. The lowest BCUT2D eigenvalue weighted by Crippen LogP contribution is -1.98. The molecule has 5 aromatic carbocycles. The molecule has 5 aromatic heterocycles. The van der Waals surface area contributed by atoms with Crippen molar-refractivity contribution >= 4 is 65.4 Å². The fourth-order valence-electron chi connectivity index (χ4n) is 7.25. The summed E-state index contributed by atoms with van der Waals surface area (Å²) in [6.07, 6.45) is 7.88. The first kappa shape index (κ1) is 22.0.